The molecule has 1 aliphatic heterocycles. The fourth-order valence-corrected chi connectivity index (χ4v) is 3.13. The van der Waals surface area contributed by atoms with Gasteiger partial charge in [0.15, 0.2) is 0 Å². The Labute approximate surface area is 115 Å². The van der Waals surface area contributed by atoms with Gasteiger partial charge in [-0.15, -0.1) is 0 Å². The second-order valence-electron chi connectivity index (χ2n) is 6.04. The van der Waals surface area contributed by atoms with Gasteiger partial charge in [-0.2, -0.15) is 0 Å². The van der Waals surface area contributed by atoms with Crippen molar-refractivity contribution in [2.75, 3.05) is 19.6 Å². The van der Waals surface area contributed by atoms with Crippen molar-refractivity contribution in [3.8, 4) is 0 Å². The number of hydrogen-bond acceptors (Lipinski definition) is 2. The Kier molecular flexibility index (Phi) is 7.92. The Morgan fingerprint density at radius 2 is 1.72 bits per heavy atom. The Morgan fingerprint density at radius 1 is 1.11 bits per heavy atom. The number of rotatable bonds is 8. The Morgan fingerprint density at radius 3 is 2.22 bits per heavy atom. The van der Waals surface area contributed by atoms with E-state index in [4.69, 9.17) is 0 Å². The molecule has 1 N–H and O–H groups in total. The molecule has 0 aliphatic carbocycles. The summed E-state index contributed by atoms with van der Waals surface area (Å²) in [5.74, 6) is 1.01. The fraction of sp³-hybridized carbons (Fsp3) is 1.00. The summed E-state index contributed by atoms with van der Waals surface area (Å²) in [4.78, 5) is 2.68. The summed E-state index contributed by atoms with van der Waals surface area (Å²) in [6.45, 7) is 13.0. The third-order valence-electron chi connectivity index (χ3n) is 4.66. The van der Waals surface area contributed by atoms with Crippen molar-refractivity contribution < 1.29 is 0 Å². The van der Waals surface area contributed by atoms with Crippen LogP contribution in [0.2, 0.25) is 0 Å². The number of hydrogen-bond donors (Lipinski definition) is 1. The van der Waals surface area contributed by atoms with Gasteiger partial charge in [0.25, 0.3) is 0 Å². The third kappa shape index (κ3) is 5.27. The van der Waals surface area contributed by atoms with E-state index in [0.29, 0.717) is 12.1 Å². The van der Waals surface area contributed by atoms with Crippen LogP contribution in [0.5, 0.6) is 0 Å². The van der Waals surface area contributed by atoms with Crippen LogP contribution in [0.4, 0.5) is 0 Å². The summed E-state index contributed by atoms with van der Waals surface area (Å²) in [6, 6.07) is 1.42. The standard InChI is InChI=1S/C16H34N2/c1-5-8-15-9-11-18(12-10-15)14(4)13-17-16(6-2)7-3/h14-17H,5-13H2,1-4H3. The van der Waals surface area contributed by atoms with Crippen LogP contribution in [0.3, 0.4) is 0 Å². The van der Waals surface area contributed by atoms with E-state index in [1.54, 1.807) is 0 Å². The van der Waals surface area contributed by atoms with Crippen LogP contribution in [0.15, 0.2) is 0 Å². The Hall–Kier alpha value is -0.0800. The molecule has 0 bridgehead atoms. The van der Waals surface area contributed by atoms with Gasteiger partial charge in [0.05, 0.1) is 0 Å². The SMILES string of the molecule is CCCC1CCN(C(C)CNC(CC)CC)CC1. The van der Waals surface area contributed by atoms with E-state index in [1.807, 2.05) is 0 Å². The zero-order valence-corrected chi connectivity index (χ0v) is 13.0. The van der Waals surface area contributed by atoms with E-state index < -0.39 is 0 Å². The third-order valence-corrected chi connectivity index (χ3v) is 4.66. The van der Waals surface area contributed by atoms with Crippen LogP contribution in [0.25, 0.3) is 0 Å². The van der Waals surface area contributed by atoms with E-state index in [-0.39, 0.29) is 0 Å². The van der Waals surface area contributed by atoms with Crippen molar-refractivity contribution in [2.45, 2.75) is 78.3 Å². The van der Waals surface area contributed by atoms with Gasteiger partial charge in [0, 0.05) is 18.6 Å². The van der Waals surface area contributed by atoms with Crippen molar-refractivity contribution in [3.63, 3.8) is 0 Å². The first kappa shape index (κ1) is 16.0. The molecule has 1 unspecified atom stereocenters. The van der Waals surface area contributed by atoms with E-state index in [2.05, 4.69) is 37.9 Å². The van der Waals surface area contributed by atoms with Crippen LogP contribution in [0, 0.1) is 5.92 Å². The molecule has 1 saturated heterocycles. The van der Waals surface area contributed by atoms with Crippen LogP contribution in [-0.2, 0) is 0 Å². The number of piperidine rings is 1. The first-order valence-corrected chi connectivity index (χ1v) is 8.18. The molecule has 0 aromatic rings. The van der Waals surface area contributed by atoms with Crippen LogP contribution in [-0.4, -0.2) is 36.6 Å². The van der Waals surface area contributed by atoms with Gasteiger partial charge in [-0.3, -0.25) is 4.90 Å². The zero-order chi connectivity index (χ0) is 13.4. The maximum absolute atomic E-state index is 3.71. The summed E-state index contributed by atoms with van der Waals surface area (Å²) in [7, 11) is 0. The van der Waals surface area contributed by atoms with E-state index >= 15 is 0 Å². The Bertz CT molecular complexity index is 193. The number of nitrogens with one attached hydrogen (secondary N) is 1. The molecule has 2 nitrogen and oxygen atoms in total. The highest BCUT2D eigenvalue weighted by atomic mass is 15.2. The smallest absolute Gasteiger partial charge is 0.0192 e. The average molecular weight is 254 g/mol. The molecule has 1 atom stereocenters. The number of likely N-dealkylation sites (tertiary alicyclic amines) is 1. The summed E-state index contributed by atoms with van der Waals surface area (Å²) < 4.78 is 0. The van der Waals surface area contributed by atoms with Crippen LogP contribution in [0.1, 0.15) is 66.2 Å². The lowest BCUT2D eigenvalue weighted by atomic mass is 9.92. The molecule has 1 aliphatic rings. The van der Waals surface area contributed by atoms with Gasteiger partial charge in [-0.1, -0.05) is 33.6 Å². The monoisotopic (exact) mass is 254 g/mol. The molecular formula is C16H34N2. The highest BCUT2D eigenvalue weighted by Crippen LogP contribution is 2.22. The molecule has 0 aromatic carbocycles. The fourth-order valence-electron chi connectivity index (χ4n) is 3.13. The zero-order valence-electron chi connectivity index (χ0n) is 13.0. The molecule has 0 aromatic heterocycles. The minimum absolute atomic E-state index is 0.702. The predicted molar refractivity (Wildman–Crippen MR) is 81.0 cm³/mol. The van der Waals surface area contributed by atoms with E-state index in [1.165, 1.54) is 51.6 Å². The molecular weight excluding hydrogens is 220 g/mol. The van der Waals surface area contributed by atoms with Gasteiger partial charge in [-0.25, -0.2) is 0 Å². The second kappa shape index (κ2) is 8.92. The summed E-state index contributed by atoms with van der Waals surface area (Å²) >= 11 is 0. The predicted octanol–water partition coefficient (Wildman–Crippen LogP) is 3.67. The van der Waals surface area contributed by atoms with Gasteiger partial charge < -0.3 is 5.32 Å². The lowest BCUT2D eigenvalue weighted by molar-refractivity contribution is 0.133. The molecule has 108 valence electrons. The van der Waals surface area contributed by atoms with Crippen molar-refractivity contribution in [3.05, 3.63) is 0 Å². The largest absolute Gasteiger partial charge is 0.312 e. The van der Waals surface area contributed by atoms with Crippen LogP contribution < -0.4 is 5.32 Å². The quantitative estimate of drug-likeness (QED) is 0.711. The van der Waals surface area contributed by atoms with Gasteiger partial charge in [0.2, 0.25) is 0 Å². The lowest BCUT2D eigenvalue weighted by Gasteiger charge is -2.36. The van der Waals surface area contributed by atoms with Crippen molar-refractivity contribution in [2.24, 2.45) is 5.92 Å². The van der Waals surface area contributed by atoms with E-state index in [9.17, 15) is 0 Å². The summed E-state index contributed by atoms with van der Waals surface area (Å²) in [5.41, 5.74) is 0. The minimum Gasteiger partial charge on any atom is -0.312 e. The molecule has 0 amide bonds. The summed E-state index contributed by atoms with van der Waals surface area (Å²) in [6.07, 6.45) is 8.14. The second-order valence-corrected chi connectivity index (χ2v) is 6.04. The van der Waals surface area contributed by atoms with Gasteiger partial charge in [0.1, 0.15) is 0 Å². The first-order chi connectivity index (χ1) is 8.71. The first-order valence-electron chi connectivity index (χ1n) is 8.18. The molecule has 1 heterocycles. The lowest BCUT2D eigenvalue weighted by Crippen LogP contribution is -2.46. The average Bonchev–Trinajstić information content (AvgIpc) is 2.41. The maximum Gasteiger partial charge on any atom is 0.0192 e. The Balaban J connectivity index is 2.21. The molecule has 1 rings (SSSR count). The van der Waals surface area contributed by atoms with Gasteiger partial charge in [-0.05, 0) is 51.6 Å². The molecule has 0 spiro atoms. The maximum atomic E-state index is 3.71. The van der Waals surface area contributed by atoms with E-state index in [0.717, 1.165) is 12.5 Å². The normalized spacial score (nSPS) is 20.5. The molecule has 0 radical (unpaired) electrons. The molecule has 0 saturated carbocycles. The molecule has 1 fully saturated rings. The number of nitrogens with zero attached hydrogens (tertiary/aromatic N) is 1. The van der Waals surface area contributed by atoms with Crippen molar-refractivity contribution in [1.82, 2.24) is 10.2 Å². The minimum atomic E-state index is 0.702. The van der Waals surface area contributed by atoms with Crippen molar-refractivity contribution in [1.29, 1.82) is 0 Å². The topological polar surface area (TPSA) is 15.3 Å². The van der Waals surface area contributed by atoms with Crippen LogP contribution >= 0.6 is 0 Å². The highest BCUT2D eigenvalue weighted by molar-refractivity contribution is 4.78. The van der Waals surface area contributed by atoms with Crippen molar-refractivity contribution >= 4 is 0 Å². The van der Waals surface area contributed by atoms with Gasteiger partial charge >= 0.3 is 0 Å². The highest BCUT2D eigenvalue weighted by Gasteiger charge is 2.22. The molecule has 18 heavy (non-hydrogen) atoms. The summed E-state index contributed by atoms with van der Waals surface area (Å²) in [5, 5.41) is 3.71. The molecule has 2 heteroatoms.